The highest BCUT2D eigenvalue weighted by molar-refractivity contribution is 5.55. The number of halogens is 1. The van der Waals surface area contributed by atoms with Crippen LogP contribution in [0.25, 0.3) is 11.3 Å². The second-order valence-electron chi connectivity index (χ2n) is 2.33. The van der Waals surface area contributed by atoms with Gasteiger partial charge in [0, 0.05) is 5.56 Å². The fraction of sp³-hybridized carbons (Fsp3) is 0. The standard InChI is InChI=1S/C9H5FNO/c10-8-3-1-2-7(4-8)9-5-11-6-12-9/h1-5H. The highest BCUT2D eigenvalue weighted by Crippen LogP contribution is 2.18. The van der Waals surface area contributed by atoms with E-state index in [0.717, 1.165) is 0 Å². The Morgan fingerprint density at radius 1 is 1.42 bits per heavy atom. The predicted octanol–water partition coefficient (Wildman–Crippen LogP) is 2.28. The number of hydrogen-bond acceptors (Lipinski definition) is 2. The van der Waals surface area contributed by atoms with E-state index in [1.54, 1.807) is 12.1 Å². The molecule has 0 fully saturated rings. The lowest BCUT2D eigenvalue weighted by atomic mass is 10.2. The van der Waals surface area contributed by atoms with E-state index in [9.17, 15) is 4.39 Å². The van der Waals surface area contributed by atoms with Crippen LogP contribution in [-0.4, -0.2) is 4.98 Å². The van der Waals surface area contributed by atoms with Crippen LogP contribution >= 0.6 is 0 Å². The van der Waals surface area contributed by atoms with Crippen molar-refractivity contribution in [3.05, 3.63) is 42.7 Å². The average Bonchev–Trinajstić information content (AvgIpc) is 2.56. The van der Waals surface area contributed by atoms with Crippen LogP contribution < -0.4 is 0 Å². The summed E-state index contributed by atoms with van der Waals surface area (Å²) in [7, 11) is 0. The molecule has 1 radical (unpaired) electrons. The molecule has 0 aliphatic carbocycles. The fourth-order valence-corrected chi connectivity index (χ4v) is 0.962. The molecule has 0 aliphatic heterocycles. The van der Waals surface area contributed by atoms with Gasteiger partial charge in [-0.3, -0.25) is 0 Å². The van der Waals surface area contributed by atoms with E-state index in [2.05, 4.69) is 11.4 Å². The zero-order valence-electron chi connectivity index (χ0n) is 6.12. The first-order chi connectivity index (χ1) is 5.86. The zero-order valence-corrected chi connectivity index (χ0v) is 6.12. The van der Waals surface area contributed by atoms with Crippen LogP contribution in [0.15, 0.2) is 34.9 Å². The third-order valence-corrected chi connectivity index (χ3v) is 1.50. The average molecular weight is 162 g/mol. The molecule has 1 aromatic heterocycles. The SMILES string of the molecule is Fc1cccc(-c2cn[c]o2)c1. The molecule has 1 heterocycles. The number of oxazole rings is 1. The summed E-state index contributed by atoms with van der Waals surface area (Å²) in [5.41, 5.74) is 0.670. The highest BCUT2D eigenvalue weighted by Gasteiger charge is 2.01. The van der Waals surface area contributed by atoms with Gasteiger partial charge < -0.3 is 4.42 Å². The maximum Gasteiger partial charge on any atom is 0.284 e. The van der Waals surface area contributed by atoms with Gasteiger partial charge in [-0.25, -0.2) is 9.37 Å². The Kier molecular flexibility index (Phi) is 1.63. The summed E-state index contributed by atoms with van der Waals surface area (Å²) >= 11 is 0. The molecule has 0 spiro atoms. The zero-order chi connectivity index (χ0) is 8.39. The molecule has 2 rings (SSSR count). The van der Waals surface area contributed by atoms with E-state index < -0.39 is 0 Å². The first-order valence-corrected chi connectivity index (χ1v) is 3.44. The smallest absolute Gasteiger partial charge is 0.284 e. The van der Waals surface area contributed by atoms with Crippen LogP contribution in [0.2, 0.25) is 0 Å². The van der Waals surface area contributed by atoms with Crippen molar-refractivity contribution >= 4 is 0 Å². The van der Waals surface area contributed by atoms with Crippen molar-refractivity contribution in [3.8, 4) is 11.3 Å². The minimum Gasteiger partial charge on any atom is -0.432 e. The second-order valence-corrected chi connectivity index (χ2v) is 2.33. The Morgan fingerprint density at radius 3 is 3.00 bits per heavy atom. The van der Waals surface area contributed by atoms with Crippen molar-refractivity contribution in [3.63, 3.8) is 0 Å². The van der Waals surface area contributed by atoms with Crippen LogP contribution in [0.3, 0.4) is 0 Å². The molecular weight excluding hydrogens is 157 g/mol. The monoisotopic (exact) mass is 162 g/mol. The van der Waals surface area contributed by atoms with E-state index in [4.69, 9.17) is 4.42 Å². The molecule has 0 aliphatic rings. The topological polar surface area (TPSA) is 26.0 Å². The summed E-state index contributed by atoms with van der Waals surface area (Å²) < 4.78 is 17.6. The molecular formula is C9H5FNO. The first-order valence-electron chi connectivity index (χ1n) is 3.44. The molecule has 0 N–H and O–H groups in total. The maximum absolute atomic E-state index is 12.7. The Bertz CT molecular complexity index is 370. The summed E-state index contributed by atoms with van der Waals surface area (Å²) in [6.45, 7) is 0. The van der Waals surface area contributed by atoms with E-state index in [1.165, 1.54) is 18.3 Å². The Balaban J connectivity index is 2.48. The summed E-state index contributed by atoms with van der Waals surface area (Å²) in [5.74, 6) is 0.235. The predicted molar refractivity (Wildman–Crippen MR) is 40.7 cm³/mol. The summed E-state index contributed by atoms with van der Waals surface area (Å²) in [5, 5.41) is 0. The fourth-order valence-electron chi connectivity index (χ4n) is 0.962. The number of rotatable bonds is 1. The Hall–Kier alpha value is -1.64. The van der Waals surface area contributed by atoms with Crippen LogP contribution in [0.1, 0.15) is 0 Å². The lowest BCUT2D eigenvalue weighted by Gasteiger charge is -1.93. The number of hydrogen-bond donors (Lipinski definition) is 0. The van der Waals surface area contributed by atoms with E-state index >= 15 is 0 Å². The minimum absolute atomic E-state index is 0.288. The number of aromatic nitrogens is 1. The molecule has 0 atom stereocenters. The second kappa shape index (κ2) is 2.77. The van der Waals surface area contributed by atoms with Crippen LogP contribution in [0.5, 0.6) is 0 Å². The van der Waals surface area contributed by atoms with Crippen LogP contribution in [-0.2, 0) is 0 Å². The molecule has 0 bridgehead atoms. The van der Waals surface area contributed by atoms with Gasteiger partial charge in [-0.1, -0.05) is 12.1 Å². The van der Waals surface area contributed by atoms with Gasteiger partial charge in [-0.15, -0.1) is 0 Å². The quantitative estimate of drug-likeness (QED) is 0.642. The Morgan fingerprint density at radius 2 is 2.33 bits per heavy atom. The summed E-state index contributed by atoms with van der Waals surface area (Å²) in [4.78, 5) is 3.61. The van der Waals surface area contributed by atoms with Gasteiger partial charge in [0.25, 0.3) is 6.39 Å². The largest absolute Gasteiger partial charge is 0.432 e. The first kappa shape index (κ1) is 7.03. The van der Waals surface area contributed by atoms with Gasteiger partial charge >= 0.3 is 0 Å². The van der Waals surface area contributed by atoms with Crippen molar-refractivity contribution in [2.45, 2.75) is 0 Å². The van der Waals surface area contributed by atoms with Gasteiger partial charge in [0.15, 0.2) is 5.76 Å². The van der Waals surface area contributed by atoms with Gasteiger partial charge in [0.1, 0.15) is 5.82 Å². The molecule has 0 saturated heterocycles. The molecule has 3 heteroatoms. The van der Waals surface area contributed by atoms with Crippen molar-refractivity contribution < 1.29 is 8.81 Å². The minimum atomic E-state index is -0.288. The highest BCUT2D eigenvalue weighted by atomic mass is 19.1. The lowest BCUT2D eigenvalue weighted by Crippen LogP contribution is -1.75. The van der Waals surface area contributed by atoms with Crippen LogP contribution in [0, 0.1) is 12.2 Å². The lowest BCUT2D eigenvalue weighted by molar-refractivity contribution is 0.560. The third-order valence-electron chi connectivity index (χ3n) is 1.50. The molecule has 1 aromatic carbocycles. The summed E-state index contributed by atoms with van der Waals surface area (Å²) in [6, 6.07) is 6.13. The number of benzene rings is 1. The van der Waals surface area contributed by atoms with E-state index in [-0.39, 0.29) is 5.82 Å². The van der Waals surface area contributed by atoms with E-state index in [1.807, 2.05) is 0 Å². The Labute approximate surface area is 68.7 Å². The molecule has 0 saturated carbocycles. The third kappa shape index (κ3) is 1.21. The van der Waals surface area contributed by atoms with Crippen molar-refractivity contribution in [2.24, 2.45) is 0 Å². The van der Waals surface area contributed by atoms with E-state index in [0.29, 0.717) is 11.3 Å². The molecule has 0 amide bonds. The molecule has 2 nitrogen and oxygen atoms in total. The maximum atomic E-state index is 12.7. The van der Waals surface area contributed by atoms with Crippen molar-refractivity contribution in [2.75, 3.05) is 0 Å². The molecule has 59 valence electrons. The molecule has 12 heavy (non-hydrogen) atoms. The van der Waals surface area contributed by atoms with Gasteiger partial charge in [-0.2, -0.15) is 0 Å². The normalized spacial score (nSPS) is 10.1. The molecule has 0 unspecified atom stereocenters. The van der Waals surface area contributed by atoms with Crippen molar-refractivity contribution in [1.82, 2.24) is 4.98 Å². The summed E-state index contributed by atoms with van der Waals surface area (Å²) in [6.07, 6.45) is 3.80. The van der Waals surface area contributed by atoms with Gasteiger partial charge in [0.05, 0.1) is 6.20 Å². The van der Waals surface area contributed by atoms with Crippen molar-refractivity contribution in [1.29, 1.82) is 0 Å². The van der Waals surface area contributed by atoms with Gasteiger partial charge in [-0.05, 0) is 12.1 Å². The number of nitrogens with zero attached hydrogens (tertiary/aromatic N) is 1. The van der Waals surface area contributed by atoms with Gasteiger partial charge in [0.2, 0.25) is 0 Å². The van der Waals surface area contributed by atoms with Crippen LogP contribution in [0.4, 0.5) is 4.39 Å². The molecule has 2 aromatic rings.